The molecule has 1 unspecified atom stereocenters. The highest BCUT2D eigenvalue weighted by atomic mass is 16.5. The molecule has 0 N–H and O–H groups in total. The van der Waals surface area contributed by atoms with Crippen LogP contribution in [0.4, 0.5) is 5.69 Å². The fourth-order valence-corrected chi connectivity index (χ4v) is 4.34. The highest BCUT2D eigenvalue weighted by Gasteiger charge is 2.25. The van der Waals surface area contributed by atoms with Crippen molar-refractivity contribution in [1.29, 1.82) is 0 Å². The van der Waals surface area contributed by atoms with Crippen LogP contribution in [0.25, 0.3) is 0 Å². The maximum Gasteiger partial charge on any atom is 0.254 e. The number of hydrogen-bond donors (Lipinski definition) is 0. The molecule has 0 radical (unpaired) electrons. The van der Waals surface area contributed by atoms with Crippen molar-refractivity contribution < 1.29 is 9.53 Å². The summed E-state index contributed by atoms with van der Waals surface area (Å²) in [7, 11) is 0. The van der Waals surface area contributed by atoms with Gasteiger partial charge in [0.2, 0.25) is 0 Å². The number of aryl methyl sites for hydroxylation is 1. The van der Waals surface area contributed by atoms with Gasteiger partial charge in [-0.2, -0.15) is 0 Å². The van der Waals surface area contributed by atoms with Gasteiger partial charge in [0, 0.05) is 43.7 Å². The van der Waals surface area contributed by atoms with Gasteiger partial charge in [0.05, 0.1) is 18.3 Å². The predicted octanol–water partition coefficient (Wildman–Crippen LogP) is 4.20. The average molecular weight is 394 g/mol. The first kappa shape index (κ1) is 19.9. The maximum absolute atomic E-state index is 13.5. The minimum Gasteiger partial charge on any atom is -0.376 e. The van der Waals surface area contributed by atoms with Crippen molar-refractivity contribution in [1.82, 2.24) is 9.88 Å². The van der Waals surface area contributed by atoms with Crippen molar-refractivity contribution in [3.8, 4) is 0 Å². The summed E-state index contributed by atoms with van der Waals surface area (Å²) in [4.78, 5) is 22.3. The number of pyridine rings is 1. The van der Waals surface area contributed by atoms with E-state index in [-0.39, 0.29) is 12.0 Å². The van der Waals surface area contributed by atoms with E-state index < -0.39 is 0 Å². The van der Waals surface area contributed by atoms with Crippen LogP contribution >= 0.6 is 0 Å². The fraction of sp³-hybridized carbons (Fsp3) is 0.500. The third-order valence-corrected chi connectivity index (χ3v) is 5.97. The van der Waals surface area contributed by atoms with Crippen LogP contribution in [-0.2, 0) is 11.3 Å². The van der Waals surface area contributed by atoms with Crippen molar-refractivity contribution in [3.05, 3.63) is 59.4 Å². The summed E-state index contributed by atoms with van der Waals surface area (Å²) >= 11 is 0. The lowest BCUT2D eigenvalue weighted by Gasteiger charge is -2.31. The molecule has 1 amide bonds. The van der Waals surface area contributed by atoms with E-state index in [1.807, 2.05) is 29.2 Å². The summed E-state index contributed by atoms with van der Waals surface area (Å²) in [6.07, 6.45) is 7.73. The Kier molecular flexibility index (Phi) is 6.45. The van der Waals surface area contributed by atoms with E-state index in [1.165, 1.54) is 30.5 Å². The van der Waals surface area contributed by atoms with Gasteiger partial charge in [0.1, 0.15) is 0 Å². The Balaban J connectivity index is 1.57. The van der Waals surface area contributed by atoms with Crippen molar-refractivity contribution in [3.63, 3.8) is 0 Å². The Hall–Kier alpha value is -2.40. The topological polar surface area (TPSA) is 45.7 Å². The molecule has 1 atom stereocenters. The minimum atomic E-state index is 0.0596. The van der Waals surface area contributed by atoms with Crippen molar-refractivity contribution in [2.75, 3.05) is 31.1 Å². The Labute approximate surface area is 173 Å². The molecular weight excluding hydrogens is 362 g/mol. The number of carbonyl (C=O) groups is 1. The minimum absolute atomic E-state index is 0.0596. The zero-order valence-corrected chi connectivity index (χ0v) is 17.3. The number of benzene rings is 1. The van der Waals surface area contributed by atoms with E-state index >= 15 is 0 Å². The molecule has 5 nitrogen and oxygen atoms in total. The molecule has 29 heavy (non-hydrogen) atoms. The molecule has 2 aromatic rings. The number of carbonyl (C=O) groups excluding carboxylic acids is 1. The van der Waals surface area contributed by atoms with E-state index in [0.29, 0.717) is 13.1 Å². The van der Waals surface area contributed by atoms with Crippen molar-refractivity contribution in [2.45, 2.75) is 51.7 Å². The normalized spacial score (nSPS) is 19.3. The van der Waals surface area contributed by atoms with Gasteiger partial charge in [-0.15, -0.1) is 0 Å². The van der Waals surface area contributed by atoms with E-state index in [1.54, 1.807) is 6.20 Å². The van der Waals surface area contributed by atoms with Gasteiger partial charge in [0.25, 0.3) is 5.91 Å². The third-order valence-electron chi connectivity index (χ3n) is 5.97. The first-order chi connectivity index (χ1) is 14.2. The van der Waals surface area contributed by atoms with Gasteiger partial charge in [0.15, 0.2) is 0 Å². The Morgan fingerprint density at radius 1 is 1.17 bits per heavy atom. The van der Waals surface area contributed by atoms with Crippen LogP contribution in [0, 0.1) is 6.92 Å². The summed E-state index contributed by atoms with van der Waals surface area (Å²) in [6, 6.07) is 12.0. The second-order valence-corrected chi connectivity index (χ2v) is 8.19. The smallest absolute Gasteiger partial charge is 0.254 e. The van der Waals surface area contributed by atoms with Crippen LogP contribution in [0.2, 0.25) is 0 Å². The summed E-state index contributed by atoms with van der Waals surface area (Å²) in [5.41, 5.74) is 4.09. The zero-order chi connectivity index (χ0) is 20.1. The van der Waals surface area contributed by atoms with Crippen LogP contribution in [-0.4, -0.2) is 48.1 Å². The number of anilines is 1. The molecule has 5 heteroatoms. The predicted molar refractivity (Wildman–Crippen MR) is 115 cm³/mol. The maximum atomic E-state index is 13.5. The molecule has 154 valence electrons. The molecule has 4 rings (SSSR count). The molecule has 2 saturated heterocycles. The number of hydrogen-bond acceptors (Lipinski definition) is 4. The molecule has 3 heterocycles. The van der Waals surface area contributed by atoms with Crippen LogP contribution in [0.3, 0.4) is 0 Å². The Morgan fingerprint density at radius 2 is 2.03 bits per heavy atom. The monoisotopic (exact) mass is 393 g/mol. The van der Waals surface area contributed by atoms with Gasteiger partial charge < -0.3 is 14.5 Å². The second-order valence-electron chi connectivity index (χ2n) is 8.19. The molecule has 2 fully saturated rings. The Bertz CT molecular complexity index is 812. The molecule has 0 saturated carbocycles. The van der Waals surface area contributed by atoms with Gasteiger partial charge in [-0.25, -0.2) is 0 Å². The lowest BCUT2D eigenvalue weighted by Crippen LogP contribution is -2.37. The lowest BCUT2D eigenvalue weighted by molar-refractivity contribution is 0.0504. The summed E-state index contributed by atoms with van der Waals surface area (Å²) in [5.74, 6) is 0.0596. The van der Waals surface area contributed by atoms with Gasteiger partial charge in [-0.1, -0.05) is 12.1 Å². The van der Waals surface area contributed by atoms with E-state index in [4.69, 9.17) is 4.74 Å². The van der Waals surface area contributed by atoms with E-state index in [0.717, 1.165) is 43.8 Å². The third kappa shape index (κ3) is 4.96. The van der Waals surface area contributed by atoms with Crippen LogP contribution in [0.15, 0.2) is 42.6 Å². The highest BCUT2D eigenvalue weighted by Crippen LogP contribution is 2.26. The number of ether oxygens (including phenoxy) is 1. The van der Waals surface area contributed by atoms with Crippen LogP contribution in [0.5, 0.6) is 0 Å². The molecule has 2 aliphatic rings. The van der Waals surface area contributed by atoms with E-state index in [2.05, 4.69) is 28.9 Å². The highest BCUT2D eigenvalue weighted by molar-refractivity contribution is 5.95. The average Bonchev–Trinajstić information content (AvgIpc) is 3.28. The van der Waals surface area contributed by atoms with Crippen LogP contribution < -0.4 is 4.90 Å². The molecule has 0 aliphatic carbocycles. The summed E-state index contributed by atoms with van der Waals surface area (Å²) < 4.78 is 5.82. The molecule has 1 aromatic heterocycles. The number of amides is 1. The number of nitrogens with zero attached hydrogens (tertiary/aromatic N) is 3. The molecular formula is C24H31N3O2. The first-order valence-corrected chi connectivity index (χ1v) is 10.9. The molecule has 0 bridgehead atoms. The Morgan fingerprint density at radius 3 is 2.76 bits per heavy atom. The lowest BCUT2D eigenvalue weighted by atomic mass is 10.0. The first-order valence-electron chi connectivity index (χ1n) is 10.9. The standard InChI is InChI=1S/C24H31N3O2/c1-19-10-11-20(16-23(19)26-13-5-2-6-14-26)24(28)27(18-22-9-7-15-29-22)17-21-8-3-4-12-25-21/h3-4,8,10-12,16,22H,2,5-7,9,13-15,17-18H2,1H3. The number of piperidine rings is 1. The number of rotatable bonds is 6. The molecule has 2 aliphatic heterocycles. The van der Waals surface area contributed by atoms with Crippen molar-refractivity contribution >= 4 is 11.6 Å². The zero-order valence-electron chi connectivity index (χ0n) is 17.3. The summed E-state index contributed by atoms with van der Waals surface area (Å²) in [5, 5.41) is 0. The SMILES string of the molecule is Cc1ccc(C(=O)N(Cc2ccccn2)CC2CCCO2)cc1N1CCCCC1. The summed E-state index contributed by atoms with van der Waals surface area (Å²) in [6.45, 7) is 6.20. The van der Waals surface area contributed by atoms with Crippen molar-refractivity contribution in [2.24, 2.45) is 0 Å². The molecule has 1 aromatic carbocycles. The largest absolute Gasteiger partial charge is 0.376 e. The molecule has 0 spiro atoms. The van der Waals surface area contributed by atoms with Gasteiger partial charge in [-0.05, 0) is 68.9 Å². The number of aromatic nitrogens is 1. The van der Waals surface area contributed by atoms with Gasteiger partial charge in [-0.3, -0.25) is 9.78 Å². The second kappa shape index (κ2) is 9.40. The van der Waals surface area contributed by atoms with E-state index in [9.17, 15) is 4.79 Å². The quantitative estimate of drug-likeness (QED) is 0.738. The van der Waals surface area contributed by atoms with Crippen LogP contribution in [0.1, 0.15) is 53.7 Å². The van der Waals surface area contributed by atoms with Gasteiger partial charge >= 0.3 is 0 Å². The fourth-order valence-electron chi connectivity index (χ4n) is 4.34.